The lowest BCUT2D eigenvalue weighted by Gasteiger charge is -2.08. The molecule has 0 aliphatic rings. The number of thioether (sulfide) groups is 1. The Hall–Kier alpha value is -0.770. The van der Waals surface area contributed by atoms with Crippen molar-refractivity contribution in [3.05, 3.63) is 23.8 Å². The minimum atomic E-state index is -2.45. The van der Waals surface area contributed by atoms with Gasteiger partial charge in [0.05, 0.1) is 0 Å². The summed E-state index contributed by atoms with van der Waals surface area (Å²) in [6, 6.07) is 4.67. The molecular formula is C10H13F2NS. The van der Waals surface area contributed by atoms with Gasteiger partial charge in [0, 0.05) is 16.1 Å². The van der Waals surface area contributed by atoms with Crippen LogP contribution in [0, 0.1) is 0 Å². The first-order chi connectivity index (χ1) is 6.65. The predicted molar refractivity (Wildman–Crippen MR) is 56.8 cm³/mol. The third kappa shape index (κ3) is 2.87. The minimum absolute atomic E-state index is 0.0449. The zero-order chi connectivity index (χ0) is 10.6. The molecular weight excluding hydrogens is 204 g/mol. The number of alkyl halides is 2. The Labute approximate surface area is 86.7 Å². The van der Waals surface area contributed by atoms with Crippen LogP contribution in [0.1, 0.15) is 25.3 Å². The van der Waals surface area contributed by atoms with Crippen LogP contribution in [0.25, 0.3) is 0 Å². The standard InChI is InChI=1S/C10H13F2NS/c1-2-5-14-9-4-3-7(13)6-8(9)10(11)12/h3-4,6,10H,2,5,13H2,1H3. The van der Waals surface area contributed by atoms with Crippen molar-refractivity contribution in [1.82, 2.24) is 0 Å². The van der Waals surface area contributed by atoms with E-state index in [1.54, 1.807) is 12.1 Å². The van der Waals surface area contributed by atoms with Gasteiger partial charge in [-0.05, 0) is 30.4 Å². The van der Waals surface area contributed by atoms with Gasteiger partial charge in [0.15, 0.2) is 0 Å². The van der Waals surface area contributed by atoms with Crippen LogP contribution in [0.4, 0.5) is 14.5 Å². The second-order valence-corrected chi connectivity index (χ2v) is 4.08. The molecule has 4 heteroatoms. The first-order valence-electron chi connectivity index (χ1n) is 4.45. The Morgan fingerprint density at radius 2 is 2.14 bits per heavy atom. The van der Waals surface area contributed by atoms with Crippen LogP contribution in [-0.2, 0) is 0 Å². The molecule has 0 fully saturated rings. The summed E-state index contributed by atoms with van der Waals surface area (Å²) < 4.78 is 25.1. The van der Waals surface area contributed by atoms with Gasteiger partial charge in [-0.15, -0.1) is 11.8 Å². The third-order valence-electron chi connectivity index (χ3n) is 1.73. The van der Waals surface area contributed by atoms with E-state index >= 15 is 0 Å². The molecule has 0 unspecified atom stereocenters. The molecule has 14 heavy (non-hydrogen) atoms. The number of rotatable bonds is 4. The lowest BCUT2D eigenvalue weighted by molar-refractivity contribution is 0.148. The summed E-state index contributed by atoms with van der Waals surface area (Å²) in [7, 11) is 0. The van der Waals surface area contributed by atoms with Crippen LogP contribution >= 0.6 is 11.8 Å². The summed E-state index contributed by atoms with van der Waals surface area (Å²) in [6.07, 6.45) is -1.48. The van der Waals surface area contributed by atoms with Crippen molar-refractivity contribution in [3.63, 3.8) is 0 Å². The van der Waals surface area contributed by atoms with E-state index in [0.717, 1.165) is 12.2 Å². The summed E-state index contributed by atoms with van der Waals surface area (Å²) in [5.41, 5.74) is 5.89. The number of benzene rings is 1. The zero-order valence-electron chi connectivity index (χ0n) is 7.97. The highest BCUT2D eigenvalue weighted by Crippen LogP contribution is 2.32. The quantitative estimate of drug-likeness (QED) is 0.614. The molecule has 0 atom stereocenters. The maximum Gasteiger partial charge on any atom is 0.265 e. The fraction of sp³-hybridized carbons (Fsp3) is 0.400. The minimum Gasteiger partial charge on any atom is -0.399 e. The first-order valence-corrected chi connectivity index (χ1v) is 5.44. The monoisotopic (exact) mass is 217 g/mol. The van der Waals surface area contributed by atoms with Crippen molar-refractivity contribution in [2.75, 3.05) is 11.5 Å². The average Bonchev–Trinajstić information content (AvgIpc) is 2.15. The summed E-state index contributed by atoms with van der Waals surface area (Å²) in [6.45, 7) is 2.02. The molecule has 1 aromatic rings. The molecule has 0 aromatic heterocycles. The maximum atomic E-state index is 12.6. The highest BCUT2D eigenvalue weighted by atomic mass is 32.2. The van der Waals surface area contributed by atoms with E-state index in [9.17, 15) is 8.78 Å². The van der Waals surface area contributed by atoms with E-state index in [4.69, 9.17) is 5.73 Å². The molecule has 0 saturated heterocycles. The van der Waals surface area contributed by atoms with Gasteiger partial charge >= 0.3 is 0 Å². The van der Waals surface area contributed by atoms with E-state index in [1.165, 1.54) is 17.8 Å². The Morgan fingerprint density at radius 1 is 1.43 bits per heavy atom. The smallest absolute Gasteiger partial charge is 0.265 e. The third-order valence-corrected chi connectivity index (χ3v) is 3.03. The van der Waals surface area contributed by atoms with Crippen molar-refractivity contribution < 1.29 is 8.78 Å². The van der Waals surface area contributed by atoms with E-state index in [-0.39, 0.29) is 5.56 Å². The van der Waals surface area contributed by atoms with Gasteiger partial charge in [-0.1, -0.05) is 6.92 Å². The fourth-order valence-corrected chi connectivity index (χ4v) is 1.98. The molecule has 1 rings (SSSR count). The molecule has 0 heterocycles. The van der Waals surface area contributed by atoms with E-state index < -0.39 is 6.43 Å². The summed E-state index contributed by atoms with van der Waals surface area (Å²) in [5.74, 6) is 0.851. The van der Waals surface area contributed by atoms with Gasteiger partial charge in [0.1, 0.15) is 0 Å². The molecule has 78 valence electrons. The summed E-state index contributed by atoms with van der Waals surface area (Å²) >= 11 is 1.45. The highest BCUT2D eigenvalue weighted by molar-refractivity contribution is 7.99. The van der Waals surface area contributed by atoms with Crippen LogP contribution in [0.5, 0.6) is 0 Å². The number of anilines is 1. The average molecular weight is 217 g/mol. The Kier molecular flexibility index (Phi) is 4.20. The Balaban J connectivity index is 2.90. The van der Waals surface area contributed by atoms with Crippen LogP contribution in [-0.4, -0.2) is 5.75 Å². The maximum absolute atomic E-state index is 12.6. The van der Waals surface area contributed by atoms with Gasteiger partial charge in [0.2, 0.25) is 0 Å². The van der Waals surface area contributed by atoms with Gasteiger partial charge in [-0.3, -0.25) is 0 Å². The van der Waals surface area contributed by atoms with Gasteiger partial charge < -0.3 is 5.73 Å². The second kappa shape index (κ2) is 5.20. The topological polar surface area (TPSA) is 26.0 Å². The van der Waals surface area contributed by atoms with Crippen molar-refractivity contribution in [1.29, 1.82) is 0 Å². The molecule has 0 bridgehead atoms. The lowest BCUT2D eigenvalue weighted by atomic mass is 10.2. The normalized spacial score (nSPS) is 10.9. The van der Waals surface area contributed by atoms with Gasteiger partial charge in [-0.2, -0.15) is 0 Å². The molecule has 0 aliphatic heterocycles. The number of nitrogen functional groups attached to an aromatic ring is 1. The van der Waals surface area contributed by atoms with Crippen LogP contribution in [0.3, 0.4) is 0 Å². The summed E-state index contributed by atoms with van der Waals surface area (Å²) in [5, 5.41) is 0. The molecule has 0 amide bonds. The molecule has 0 spiro atoms. The van der Waals surface area contributed by atoms with Gasteiger partial charge in [0.25, 0.3) is 6.43 Å². The van der Waals surface area contributed by atoms with E-state index in [2.05, 4.69) is 0 Å². The first kappa shape index (κ1) is 11.3. The van der Waals surface area contributed by atoms with Crippen molar-refractivity contribution in [3.8, 4) is 0 Å². The van der Waals surface area contributed by atoms with Crippen molar-refractivity contribution in [2.24, 2.45) is 0 Å². The molecule has 2 N–H and O–H groups in total. The van der Waals surface area contributed by atoms with E-state index in [0.29, 0.717) is 10.6 Å². The van der Waals surface area contributed by atoms with E-state index in [1.807, 2.05) is 6.92 Å². The zero-order valence-corrected chi connectivity index (χ0v) is 8.78. The van der Waals surface area contributed by atoms with Crippen molar-refractivity contribution in [2.45, 2.75) is 24.7 Å². The Bertz CT molecular complexity index is 302. The number of hydrogen-bond donors (Lipinski definition) is 1. The molecule has 1 nitrogen and oxygen atoms in total. The predicted octanol–water partition coefficient (Wildman–Crippen LogP) is 3.71. The number of hydrogen-bond acceptors (Lipinski definition) is 2. The SMILES string of the molecule is CCCSc1ccc(N)cc1C(F)F. The number of nitrogens with two attached hydrogens (primary N) is 1. The highest BCUT2D eigenvalue weighted by Gasteiger charge is 2.13. The summed E-state index contributed by atoms with van der Waals surface area (Å²) in [4.78, 5) is 0.635. The fourth-order valence-electron chi connectivity index (χ4n) is 1.08. The molecule has 0 aliphatic carbocycles. The Morgan fingerprint density at radius 3 is 2.71 bits per heavy atom. The van der Waals surface area contributed by atoms with Crippen molar-refractivity contribution >= 4 is 17.4 Å². The van der Waals surface area contributed by atoms with Crippen LogP contribution in [0.2, 0.25) is 0 Å². The van der Waals surface area contributed by atoms with Crippen LogP contribution < -0.4 is 5.73 Å². The van der Waals surface area contributed by atoms with Crippen LogP contribution in [0.15, 0.2) is 23.1 Å². The molecule has 0 saturated carbocycles. The lowest BCUT2D eigenvalue weighted by Crippen LogP contribution is -1.93. The number of halogens is 2. The van der Waals surface area contributed by atoms with Gasteiger partial charge in [-0.25, -0.2) is 8.78 Å². The molecule has 1 aromatic carbocycles. The largest absolute Gasteiger partial charge is 0.399 e. The second-order valence-electron chi connectivity index (χ2n) is 2.95. The molecule has 0 radical (unpaired) electrons.